The molecule has 1 rings (SSSR count). The van der Waals surface area contributed by atoms with Gasteiger partial charge in [0, 0.05) is 25.7 Å². The first kappa shape index (κ1) is 12.9. The Labute approximate surface area is 94.6 Å². The van der Waals surface area contributed by atoms with Gasteiger partial charge in [0.2, 0.25) is 0 Å². The molecule has 0 aromatic heterocycles. The summed E-state index contributed by atoms with van der Waals surface area (Å²) < 4.78 is 0. The smallest absolute Gasteiger partial charge is 0.0221 e. The van der Waals surface area contributed by atoms with Crippen molar-refractivity contribution in [2.45, 2.75) is 39.2 Å². The fraction of sp³-hybridized carbons (Fsp3) is 1.00. The summed E-state index contributed by atoms with van der Waals surface area (Å²) in [4.78, 5) is 5.23. The zero-order valence-electron chi connectivity index (χ0n) is 10.4. The lowest BCUT2D eigenvalue weighted by molar-refractivity contribution is 0.0719. The zero-order chi connectivity index (χ0) is 11.1. The zero-order valence-corrected chi connectivity index (χ0v) is 10.4. The number of hydrogen-bond donors (Lipinski definition) is 1. The first-order valence-corrected chi connectivity index (χ1v) is 6.48. The second-order valence-corrected chi connectivity index (χ2v) is 4.54. The van der Waals surface area contributed by atoms with Crippen LogP contribution in [0.5, 0.6) is 0 Å². The second kappa shape index (κ2) is 7.20. The van der Waals surface area contributed by atoms with Crippen molar-refractivity contribution < 1.29 is 0 Å². The molecule has 1 heterocycles. The van der Waals surface area contributed by atoms with Gasteiger partial charge in [-0.3, -0.25) is 4.90 Å². The van der Waals surface area contributed by atoms with Crippen LogP contribution < -0.4 is 5.73 Å². The van der Waals surface area contributed by atoms with Gasteiger partial charge in [0.15, 0.2) is 0 Å². The molecule has 15 heavy (non-hydrogen) atoms. The molecule has 1 aliphatic rings. The Morgan fingerprint density at radius 1 is 1.20 bits per heavy atom. The lowest BCUT2D eigenvalue weighted by Gasteiger charge is -2.41. The van der Waals surface area contributed by atoms with Gasteiger partial charge >= 0.3 is 0 Å². The molecule has 2 N–H and O–H groups in total. The van der Waals surface area contributed by atoms with E-state index in [4.69, 9.17) is 5.73 Å². The van der Waals surface area contributed by atoms with Crippen LogP contribution in [0, 0.1) is 0 Å². The third-order valence-corrected chi connectivity index (χ3v) is 3.35. The predicted octanol–water partition coefficient (Wildman–Crippen LogP) is 1.14. The molecule has 0 bridgehead atoms. The van der Waals surface area contributed by atoms with Crippen LogP contribution in [0.4, 0.5) is 0 Å². The quantitative estimate of drug-likeness (QED) is 0.718. The SMILES string of the molecule is CCCN1CCN(CCCN)CC1CC. The number of nitrogens with zero attached hydrogens (tertiary/aromatic N) is 2. The molecule has 3 heteroatoms. The van der Waals surface area contributed by atoms with Gasteiger partial charge in [0.1, 0.15) is 0 Å². The minimum absolute atomic E-state index is 0.775. The topological polar surface area (TPSA) is 32.5 Å². The molecule has 0 spiro atoms. The molecule has 0 aliphatic carbocycles. The van der Waals surface area contributed by atoms with Crippen molar-refractivity contribution in [3.05, 3.63) is 0 Å². The van der Waals surface area contributed by atoms with Gasteiger partial charge in [-0.15, -0.1) is 0 Å². The molecule has 0 aromatic rings. The van der Waals surface area contributed by atoms with Crippen LogP contribution in [-0.4, -0.2) is 55.1 Å². The molecule has 0 amide bonds. The van der Waals surface area contributed by atoms with Crippen LogP contribution in [0.3, 0.4) is 0 Å². The van der Waals surface area contributed by atoms with Gasteiger partial charge in [-0.25, -0.2) is 0 Å². The monoisotopic (exact) mass is 213 g/mol. The molecule has 1 saturated heterocycles. The fourth-order valence-electron chi connectivity index (χ4n) is 2.44. The van der Waals surface area contributed by atoms with Crippen molar-refractivity contribution in [1.29, 1.82) is 0 Å². The highest BCUT2D eigenvalue weighted by Crippen LogP contribution is 2.13. The summed E-state index contributed by atoms with van der Waals surface area (Å²) in [5, 5.41) is 0. The van der Waals surface area contributed by atoms with Crippen molar-refractivity contribution in [2.24, 2.45) is 5.73 Å². The van der Waals surface area contributed by atoms with E-state index in [1.807, 2.05) is 0 Å². The van der Waals surface area contributed by atoms with Crippen molar-refractivity contribution in [2.75, 3.05) is 39.3 Å². The molecule has 0 radical (unpaired) electrons. The summed E-state index contributed by atoms with van der Waals surface area (Å²) in [6.45, 7) is 11.6. The van der Waals surface area contributed by atoms with E-state index < -0.39 is 0 Å². The van der Waals surface area contributed by atoms with E-state index in [0.29, 0.717) is 0 Å². The molecule has 1 atom stereocenters. The molecule has 90 valence electrons. The Bertz CT molecular complexity index is 161. The highest BCUT2D eigenvalue weighted by molar-refractivity contribution is 4.80. The summed E-state index contributed by atoms with van der Waals surface area (Å²) in [5.41, 5.74) is 5.55. The Hall–Kier alpha value is -0.120. The number of rotatable bonds is 6. The van der Waals surface area contributed by atoms with Gasteiger partial charge in [-0.2, -0.15) is 0 Å². The number of piperazine rings is 1. The second-order valence-electron chi connectivity index (χ2n) is 4.54. The minimum atomic E-state index is 0.775. The molecule has 3 nitrogen and oxygen atoms in total. The van der Waals surface area contributed by atoms with Crippen molar-refractivity contribution in [3.63, 3.8) is 0 Å². The third-order valence-electron chi connectivity index (χ3n) is 3.35. The highest BCUT2D eigenvalue weighted by atomic mass is 15.3. The summed E-state index contributed by atoms with van der Waals surface area (Å²) in [6, 6.07) is 0.775. The van der Waals surface area contributed by atoms with Gasteiger partial charge in [0.25, 0.3) is 0 Å². The third kappa shape index (κ3) is 4.09. The maximum atomic E-state index is 5.55. The molecule has 0 saturated carbocycles. The Morgan fingerprint density at radius 3 is 2.60 bits per heavy atom. The molecular weight excluding hydrogens is 186 g/mol. The van der Waals surface area contributed by atoms with Gasteiger partial charge in [-0.05, 0) is 38.9 Å². The van der Waals surface area contributed by atoms with E-state index in [0.717, 1.165) is 19.0 Å². The van der Waals surface area contributed by atoms with E-state index >= 15 is 0 Å². The maximum absolute atomic E-state index is 5.55. The largest absolute Gasteiger partial charge is 0.330 e. The first-order chi connectivity index (χ1) is 7.31. The van der Waals surface area contributed by atoms with Gasteiger partial charge < -0.3 is 10.6 Å². The Balaban J connectivity index is 2.33. The van der Waals surface area contributed by atoms with E-state index in [9.17, 15) is 0 Å². The van der Waals surface area contributed by atoms with Crippen molar-refractivity contribution in [1.82, 2.24) is 9.80 Å². The van der Waals surface area contributed by atoms with E-state index in [-0.39, 0.29) is 0 Å². The fourth-order valence-corrected chi connectivity index (χ4v) is 2.44. The Morgan fingerprint density at radius 2 is 2.00 bits per heavy atom. The average Bonchev–Trinajstić information content (AvgIpc) is 2.28. The predicted molar refractivity (Wildman–Crippen MR) is 66.1 cm³/mol. The van der Waals surface area contributed by atoms with Gasteiger partial charge in [-0.1, -0.05) is 13.8 Å². The molecule has 1 fully saturated rings. The number of nitrogens with two attached hydrogens (primary N) is 1. The maximum Gasteiger partial charge on any atom is 0.0221 e. The summed E-state index contributed by atoms with van der Waals surface area (Å²) in [7, 11) is 0. The highest BCUT2D eigenvalue weighted by Gasteiger charge is 2.24. The van der Waals surface area contributed by atoms with Crippen molar-refractivity contribution >= 4 is 0 Å². The van der Waals surface area contributed by atoms with Crippen LogP contribution in [0.1, 0.15) is 33.1 Å². The minimum Gasteiger partial charge on any atom is -0.330 e. The number of hydrogen-bond acceptors (Lipinski definition) is 3. The van der Waals surface area contributed by atoms with Crippen molar-refractivity contribution in [3.8, 4) is 0 Å². The summed E-state index contributed by atoms with van der Waals surface area (Å²) in [5.74, 6) is 0. The van der Waals surface area contributed by atoms with Gasteiger partial charge in [0.05, 0.1) is 0 Å². The lowest BCUT2D eigenvalue weighted by atomic mass is 10.1. The average molecular weight is 213 g/mol. The molecule has 1 aliphatic heterocycles. The summed E-state index contributed by atoms with van der Waals surface area (Å²) >= 11 is 0. The molecular formula is C12H27N3. The van der Waals surface area contributed by atoms with E-state index in [1.165, 1.54) is 45.6 Å². The molecule has 1 unspecified atom stereocenters. The van der Waals surface area contributed by atoms with E-state index in [1.54, 1.807) is 0 Å². The van der Waals surface area contributed by atoms with Crippen LogP contribution in [0.15, 0.2) is 0 Å². The van der Waals surface area contributed by atoms with Crippen LogP contribution in [-0.2, 0) is 0 Å². The van der Waals surface area contributed by atoms with Crippen LogP contribution in [0.25, 0.3) is 0 Å². The van der Waals surface area contributed by atoms with Crippen LogP contribution in [0.2, 0.25) is 0 Å². The Kier molecular flexibility index (Phi) is 6.22. The van der Waals surface area contributed by atoms with E-state index in [2.05, 4.69) is 23.6 Å². The summed E-state index contributed by atoms with van der Waals surface area (Å²) in [6.07, 6.45) is 3.70. The normalized spacial score (nSPS) is 24.6. The molecule has 0 aromatic carbocycles. The standard InChI is InChI=1S/C12H27N3/c1-3-7-15-10-9-14(8-5-6-13)11-12(15)4-2/h12H,3-11,13H2,1-2H3. The first-order valence-electron chi connectivity index (χ1n) is 6.48. The van der Waals surface area contributed by atoms with Crippen LogP contribution >= 0.6 is 0 Å². The lowest BCUT2D eigenvalue weighted by Crippen LogP contribution is -2.53.